The molecule has 1 N–H and O–H groups in total. The van der Waals surface area contributed by atoms with E-state index < -0.39 is 0 Å². The molecule has 0 atom stereocenters. The number of aromatic nitrogens is 7. The average Bonchev–Trinajstić information content (AvgIpc) is 3.39. The summed E-state index contributed by atoms with van der Waals surface area (Å²) in [6.45, 7) is 5.09. The van der Waals surface area contributed by atoms with Crippen molar-refractivity contribution in [3.63, 3.8) is 0 Å². The number of hydrogen-bond donors (Lipinski definition) is 1. The lowest BCUT2D eigenvalue weighted by atomic mass is 9.96. The van der Waals surface area contributed by atoms with Crippen LogP contribution in [0.15, 0.2) is 48.5 Å². The van der Waals surface area contributed by atoms with Crippen LogP contribution in [0.3, 0.4) is 0 Å². The highest BCUT2D eigenvalue weighted by Crippen LogP contribution is 2.31. The Balaban J connectivity index is 1.73. The second-order valence-corrected chi connectivity index (χ2v) is 7.26. The maximum atomic E-state index is 5.24. The highest BCUT2D eigenvalue weighted by molar-refractivity contribution is 5.80. The van der Waals surface area contributed by atoms with E-state index in [9.17, 15) is 0 Å². The molecule has 29 heavy (non-hydrogen) atoms. The largest absolute Gasteiger partial charge is 0.466 e. The van der Waals surface area contributed by atoms with Gasteiger partial charge in [-0.05, 0) is 39.1 Å². The molecule has 8 nitrogen and oxygen atoms in total. The molecular weight excluding hydrogens is 366 g/mol. The molecule has 0 bridgehead atoms. The van der Waals surface area contributed by atoms with Gasteiger partial charge in [-0.25, -0.2) is 9.78 Å². The van der Waals surface area contributed by atoms with Crippen LogP contribution in [0.1, 0.15) is 25.2 Å². The van der Waals surface area contributed by atoms with Crippen molar-refractivity contribution in [2.24, 2.45) is 5.92 Å². The number of ether oxygens (including phenoxy) is 1. The zero-order chi connectivity index (χ0) is 20.2. The summed E-state index contributed by atoms with van der Waals surface area (Å²) in [6.07, 6.45) is 0.632. The predicted octanol–water partition coefficient (Wildman–Crippen LogP) is 3.38. The molecule has 0 unspecified atom stereocenters. The van der Waals surface area contributed by atoms with Gasteiger partial charge in [0.1, 0.15) is 5.82 Å². The lowest BCUT2D eigenvalue weighted by molar-refractivity contribution is 0.370. The second kappa shape index (κ2) is 8.22. The first-order valence-corrected chi connectivity index (χ1v) is 9.54. The molecule has 4 aromatic rings. The monoisotopic (exact) mass is 389 g/mol. The van der Waals surface area contributed by atoms with Crippen LogP contribution in [0.4, 0.5) is 0 Å². The molecule has 4 rings (SSSR count). The summed E-state index contributed by atoms with van der Waals surface area (Å²) in [6, 6.07) is 16.9. The Bertz CT molecular complexity index is 1070. The number of rotatable bonds is 7. The topological polar surface area (TPSA) is 94.4 Å². The molecule has 0 aliphatic carbocycles. The second-order valence-electron chi connectivity index (χ2n) is 7.26. The maximum absolute atomic E-state index is 5.24. The molecule has 0 saturated carbocycles. The van der Waals surface area contributed by atoms with Crippen LogP contribution in [0.5, 0.6) is 6.01 Å². The first-order valence-electron chi connectivity index (χ1n) is 9.54. The molecule has 0 radical (unpaired) electrons. The molecule has 2 heterocycles. The molecule has 0 amide bonds. The van der Waals surface area contributed by atoms with Crippen molar-refractivity contribution in [1.29, 1.82) is 0 Å². The van der Waals surface area contributed by atoms with Crippen molar-refractivity contribution < 1.29 is 4.74 Å². The molecule has 0 aliphatic rings. The Morgan fingerprint density at radius 2 is 1.90 bits per heavy atom. The van der Waals surface area contributed by atoms with Gasteiger partial charge in [0.05, 0.1) is 7.11 Å². The molecule has 0 fully saturated rings. The van der Waals surface area contributed by atoms with Crippen LogP contribution < -0.4 is 4.74 Å². The van der Waals surface area contributed by atoms with E-state index in [-0.39, 0.29) is 0 Å². The molecule has 0 spiro atoms. The predicted molar refractivity (Wildman–Crippen MR) is 109 cm³/mol. The van der Waals surface area contributed by atoms with Crippen LogP contribution in [-0.4, -0.2) is 42.5 Å². The minimum absolute atomic E-state index is 0.390. The third kappa shape index (κ3) is 4.16. The van der Waals surface area contributed by atoms with Gasteiger partial charge in [0.2, 0.25) is 0 Å². The third-order valence-corrected chi connectivity index (χ3v) is 4.58. The zero-order valence-electron chi connectivity index (χ0n) is 16.7. The standard InChI is InChI=1S/C21H23N7O/c1-14(2)13-28-19(22-21(25-28)29-3)12-15-9-10-17(16-7-5-4-6-8-16)18(11-15)20-23-26-27-24-20/h4-11,14H,12-13H2,1-3H3,(H,23,24,26,27). The van der Waals surface area contributed by atoms with Crippen molar-refractivity contribution in [2.75, 3.05) is 7.11 Å². The van der Waals surface area contributed by atoms with Gasteiger partial charge in [-0.15, -0.1) is 10.2 Å². The van der Waals surface area contributed by atoms with Crippen LogP contribution in [0.2, 0.25) is 0 Å². The zero-order valence-corrected chi connectivity index (χ0v) is 16.7. The molecule has 0 saturated heterocycles. The van der Waals surface area contributed by atoms with E-state index in [4.69, 9.17) is 4.74 Å². The number of nitrogens with zero attached hydrogens (tertiary/aromatic N) is 6. The minimum atomic E-state index is 0.390. The Morgan fingerprint density at radius 1 is 1.07 bits per heavy atom. The fourth-order valence-electron chi connectivity index (χ4n) is 3.28. The maximum Gasteiger partial charge on any atom is 0.335 e. The van der Waals surface area contributed by atoms with Crippen molar-refractivity contribution in [3.8, 4) is 28.5 Å². The summed E-state index contributed by atoms with van der Waals surface area (Å²) in [5, 5.41) is 18.9. The van der Waals surface area contributed by atoms with Crippen LogP contribution >= 0.6 is 0 Å². The fourth-order valence-corrected chi connectivity index (χ4v) is 3.28. The normalized spacial score (nSPS) is 11.2. The van der Waals surface area contributed by atoms with E-state index in [1.807, 2.05) is 22.9 Å². The summed E-state index contributed by atoms with van der Waals surface area (Å²) in [5.74, 6) is 1.95. The van der Waals surface area contributed by atoms with Crippen molar-refractivity contribution in [2.45, 2.75) is 26.8 Å². The summed E-state index contributed by atoms with van der Waals surface area (Å²) >= 11 is 0. The SMILES string of the molecule is COc1nc(Cc2ccc(-c3ccccc3)c(-c3nnn[nH]3)c2)n(CC(C)C)n1. The summed E-state index contributed by atoms with van der Waals surface area (Å²) in [4.78, 5) is 4.53. The lowest BCUT2D eigenvalue weighted by Crippen LogP contribution is -2.11. The van der Waals surface area contributed by atoms with Gasteiger partial charge in [0.15, 0.2) is 5.82 Å². The first-order chi connectivity index (χ1) is 14.1. The Kier molecular flexibility index (Phi) is 5.33. The summed E-state index contributed by atoms with van der Waals surface area (Å²) < 4.78 is 7.16. The Morgan fingerprint density at radius 3 is 2.59 bits per heavy atom. The summed E-state index contributed by atoms with van der Waals surface area (Å²) in [5.41, 5.74) is 4.21. The van der Waals surface area contributed by atoms with Gasteiger partial charge in [0.25, 0.3) is 0 Å². The highest BCUT2D eigenvalue weighted by Gasteiger charge is 2.15. The molecule has 2 aromatic carbocycles. The number of benzene rings is 2. The third-order valence-electron chi connectivity index (χ3n) is 4.58. The molecular formula is C21H23N7O. The van der Waals surface area contributed by atoms with Gasteiger partial charge >= 0.3 is 6.01 Å². The number of tetrazole rings is 1. The van der Waals surface area contributed by atoms with E-state index >= 15 is 0 Å². The number of nitrogens with one attached hydrogen (secondary N) is 1. The lowest BCUT2D eigenvalue weighted by Gasteiger charge is -2.11. The minimum Gasteiger partial charge on any atom is -0.466 e. The quantitative estimate of drug-likeness (QED) is 0.521. The summed E-state index contributed by atoms with van der Waals surface area (Å²) in [7, 11) is 1.59. The number of hydrogen-bond acceptors (Lipinski definition) is 6. The van der Waals surface area contributed by atoms with Crippen molar-refractivity contribution >= 4 is 0 Å². The highest BCUT2D eigenvalue weighted by atomic mass is 16.5. The molecule has 148 valence electrons. The van der Waals surface area contributed by atoms with E-state index in [2.05, 4.69) is 74.9 Å². The van der Waals surface area contributed by atoms with Crippen LogP contribution in [-0.2, 0) is 13.0 Å². The first kappa shape index (κ1) is 18.8. The van der Waals surface area contributed by atoms with E-state index in [1.54, 1.807) is 7.11 Å². The number of methoxy groups -OCH3 is 1. The number of H-pyrrole nitrogens is 1. The van der Waals surface area contributed by atoms with E-state index in [0.29, 0.717) is 24.2 Å². The van der Waals surface area contributed by atoms with Crippen molar-refractivity contribution in [3.05, 3.63) is 59.9 Å². The number of aromatic amines is 1. The molecule has 8 heteroatoms. The van der Waals surface area contributed by atoms with Gasteiger partial charge < -0.3 is 4.74 Å². The molecule has 0 aliphatic heterocycles. The van der Waals surface area contributed by atoms with Gasteiger partial charge in [-0.2, -0.15) is 4.98 Å². The molecule has 2 aromatic heterocycles. The fraction of sp³-hybridized carbons (Fsp3) is 0.286. The van der Waals surface area contributed by atoms with E-state index in [1.165, 1.54) is 0 Å². The Hall–Kier alpha value is -3.55. The van der Waals surface area contributed by atoms with Gasteiger partial charge in [-0.1, -0.05) is 56.3 Å². The van der Waals surface area contributed by atoms with Crippen LogP contribution in [0.25, 0.3) is 22.5 Å². The van der Waals surface area contributed by atoms with Crippen molar-refractivity contribution in [1.82, 2.24) is 35.4 Å². The van der Waals surface area contributed by atoms with Gasteiger partial charge in [0, 0.05) is 18.5 Å². The Labute approximate surface area is 169 Å². The van der Waals surface area contributed by atoms with Gasteiger partial charge in [-0.3, -0.25) is 0 Å². The average molecular weight is 389 g/mol. The van der Waals surface area contributed by atoms with E-state index in [0.717, 1.165) is 34.6 Å². The van der Waals surface area contributed by atoms with Crippen LogP contribution in [0, 0.1) is 5.92 Å². The smallest absolute Gasteiger partial charge is 0.335 e.